The van der Waals surface area contributed by atoms with Crippen LogP contribution in [0.3, 0.4) is 0 Å². The van der Waals surface area contributed by atoms with Gasteiger partial charge in [-0.25, -0.2) is 0 Å². The lowest BCUT2D eigenvalue weighted by molar-refractivity contribution is -0.127. The zero-order valence-electron chi connectivity index (χ0n) is 9.34. The molecule has 82 valence electrons. The molecule has 1 fully saturated rings. The summed E-state index contributed by atoms with van der Waals surface area (Å²) in [4.78, 5) is 11.5. The van der Waals surface area contributed by atoms with Gasteiger partial charge in [0.15, 0.2) is 0 Å². The smallest absolute Gasteiger partial charge is 0.222 e. The molecule has 1 amide bonds. The summed E-state index contributed by atoms with van der Waals surface area (Å²) in [5.41, 5.74) is -0.719. The largest absolute Gasteiger partial charge is 0.388 e. The molecule has 14 heavy (non-hydrogen) atoms. The number of carbonyl (C=O) groups is 1. The van der Waals surface area contributed by atoms with Crippen LogP contribution >= 0.6 is 0 Å². The first kappa shape index (κ1) is 11.5. The lowest BCUT2D eigenvalue weighted by Crippen LogP contribution is -2.53. The molecule has 0 aliphatic heterocycles. The molecule has 0 saturated heterocycles. The first-order valence-electron chi connectivity index (χ1n) is 5.46. The Balaban J connectivity index is 2.54. The van der Waals surface area contributed by atoms with E-state index in [2.05, 4.69) is 5.32 Å². The second-order valence-electron chi connectivity index (χ2n) is 4.82. The third-order valence-corrected chi connectivity index (χ3v) is 3.02. The molecular formula is C11H21NO2. The molecule has 0 aromatic rings. The van der Waals surface area contributed by atoms with Gasteiger partial charge in [0.05, 0.1) is 11.6 Å². The Morgan fingerprint density at radius 1 is 1.50 bits per heavy atom. The minimum absolute atomic E-state index is 0.00673. The van der Waals surface area contributed by atoms with Gasteiger partial charge in [0.1, 0.15) is 0 Å². The molecule has 1 rings (SSSR count). The van der Waals surface area contributed by atoms with Gasteiger partial charge in [-0.05, 0) is 19.8 Å². The number of aliphatic hydroxyl groups is 1. The molecule has 0 radical (unpaired) electrons. The second kappa shape index (κ2) is 4.30. The van der Waals surface area contributed by atoms with Gasteiger partial charge in [0, 0.05) is 5.92 Å². The molecular weight excluding hydrogens is 178 g/mol. The van der Waals surface area contributed by atoms with Crippen molar-refractivity contribution in [3.8, 4) is 0 Å². The summed E-state index contributed by atoms with van der Waals surface area (Å²) in [7, 11) is 0. The molecule has 0 heterocycles. The standard InChI is InChI=1S/C11H21NO2/c1-8(2)10(13)12-9-6-4-5-7-11(9,3)14/h8-9,14H,4-7H2,1-3H3,(H,12,13)/t9?,11-/m1/s1. The molecule has 0 aromatic carbocycles. The number of hydrogen-bond acceptors (Lipinski definition) is 2. The normalized spacial score (nSPS) is 33.1. The topological polar surface area (TPSA) is 49.3 Å². The number of nitrogens with one attached hydrogen (secondary N) is 1. The average Bonchev–Trinajstić information content (AvgIpc) is 2.08. The molecule has 2 N–H and O–H groups in total. The van der Waals surface area contributed by atoms with Crippen molar-refractivity contribution in [3.63, 3.8) is 0 Å². The van der Waals surface area contributed by atoms with Gasteiger partial charge < -0.3 is 10.4 Å². The van der Waals surface area contributed by atoms with Crippen LogP contribution in [0.25, 0.3) is 0 Å². The molecule has 2 atom stereocenters. The quantitative estimate of drug-likeness (QED) is 0.707. The van der Waals surface area contributed by atoms with Crippen LogP contribution in [0.2, 0.25) is 0 Å². The first-order chi connectivity index (χ1) is 6.43. The number of hydrogen-bond donors (Lipinski definition) is 2. The van der Waals surface area contributed by atoms with E-state index in [9.17, 15) is 9.90 Å². The van der Waals surface area contributed by atoms with Gasteiger partial charge in [0.25, 0.3) is 0 Å². The number of rotatable bonds is 2. The fourth-order valence-corrected chi connectivity index (χ4v) is 1.88. The zero-order chi connectivity index (χ0) is 10.8. The van der Waals surface area contributed by atoms with Crippen LogP contribution < -0.4 is 5.32 Å². The lowest BCUT2D eigenvalue weighted by atomic mass is 9.81. The van der Waals surface area contributed by atoms with Crippen LogP contribution in [-0.2, 0) is 4.79 Å². The Kier molecular flexibility index (Phi) is 3.53. The molecule has 1 saturated carbocycles. The van der Waals surface area contributed by atoms with Gasteiger partial charge >= 0.3 is 0 Å². The van der Waals surface area contributed by atoms with E-state index in [1.165, 1.54) is 0 Å². The SMILES string of the molecule is CC(C)C(=O)NC1CCCC[C@@]1(C)O. The lowest BCUT2D eigenvalue weighted by Gasteiger charge is -2.37. The summed E-state index contributed by atoms with van der Waals surface area (Å²) < 4.78 is 0. The Morgan fingerprint density at radius 3 is 2.64 bits per heavy atom. The zero-order valence-corrected chi connectivity index (χ0v) is 9.34. The highest BCUT2D eigenvalue weighted by Gasteiger charge is 2.35. The molecule has 1 unspecified atom stereocenters. The summed E-state index contributed by atoms with van der Waals surface area (Å²) in [6.45, 7) is 5.55. The van der Waals surface area contributed by atoms with E-state index in [4.69, 9.17) is 0 Å². The Morgan fingerprint density at radius 2 is 2.14 bits per heavy atom. The van der Waals surface area contributed by atoms with Crippen LogP contribution in [0.1, 0.15) is 46.5 Å². The summed E-state index contributed by atoms with van der Waals surface area (Å²) >= 11 is 0. The highest BCUT2D eigenvalue weighted by Crippen LogP contribution is 2.28. The van der Waals surface area contributed by atoms with Crippen molar-refractivity contribution in [2.75, 3.05) is 0 Å². The molecule has 0 aromatic heterocycles. The summed E-state index contributed by atoms with van der Waals surface area (Å²) in [6, 6.07) is -0.0637. The van der Waals surface area contributed by atoms with Gasteiger partial charge in [-0.2, -0.15) is 0 Å². The summed E-state index contributed by atoms with van der Waals surface area (Å²) in [5.74, 6) is 0.0323. The third kappa shape index (κ3) is 2.71. The second-order valence-corrected chi connectivity index (χ2v) is 4.82. The maximum Gasteiger partial charge on any atom is 0.222 e. The van der Waals surface area contributed by atoms with Crippen LogP contribution in [0, 0.1) is 5.92 Å². The van der Waals surface area contributed by atoms with Crippen molar-refractivity contribution < 1.29 is 9.90 Å². The van der Waals surface area contributed by atoms with Gasteiger partial charge in [-0.3, -0.25) is 4.79 Å². The third-order valence-electron chi connectivity index (χ3n) is 3.02. The number of carbonyl (C=O) groups excluding carboxylic acids is 1. The van der Waals surface area contributed by atoms with Crippen LogP contribution in [0.4, 0.5) is 0 Å². The average molecular weight is 199 g/mol. The fourth-order valence-electron chi connectivity index (χ4n) is 1.88. The van der Waals surface area contributed by atoms with E-state index in [0.29, 0.717) is 0 Å². The van der Waals surface area contributed by atoms with E-state index in [1.54, 1.807) is 0 Å². The van der Waals surface area contributed by atoms with Crippen LogP contribution in [-0.4, -0.2) is 22.7 Å². The van der Waals surface area contributed by atoms with Crippen molar-refractivity contribution >= 4 is 5.91 Å². The van der Waals surface area contributed by atoms with Gasteiger partial charge in [-0.15, -0.1) is 0 Å². The van der Waals surface area contributed by atoms with Gasteiger partial charge in [0.2, 0.25) is 5.91 Å². The maximum atomic E-state index is 11.5. The number of amides is 1. The van der Waals surface area contributed by atoms with Crippen molar-refractivity contribution in [1.29, 1.82) is 0 Å². The maximum absolute atomic E-state index is 11.5. The summed E-state index contributed by atoms with van der Waals surface area (Å²) in [5, 5.41) is 13.0. The fraction of sp³-hybridized carbons (Fsp3) is 0.909. The van der Waals surface area contributed by atoms with Crippen molar-refractivity contribution in [2.45, 2.75) is 58.1 Å². The van der Waals surface area contributed by atoms with E-state index < -0.39 is 5.60 Å². The highest BCUT2D eigenvalue weighted by molar-refractivity contribution is 5.78. The Bertz CT molecular complexity index is 211. The van der Waals surface area contributed by atoms with Crippen molar-refractivity contribution in [3.05, 3.63) is 0 Å². The molecule has 3 nitrogen and oxygen atoms in total. The van der Waals surface area contributed by atoms with Crippen LogP contribution in [0.15, 0.2) is 0 Å². The molecule has 3 heteroatoms. The van der Waals surface area contributed by atoms with E-state index in [1.807, 2.05) is 20.8 Å². The minimum atomic E-state index is -0.719. The van der Waals surface area contributed by atoms with Crippen LogP contribution in [0.5, 0.6) is 0 Å². The Hall–Kier alpha value is -0.570. The summed E-state index contributed by atoms with van der Waals surface area (Å²) in [6.07, 6.45) is 3.84. The minimum Gasteiger partial charge on any atom is -0.388 e. The predicted molar refractivity (Wildman–Crippen MR) is 55.9 cm³/mol. The monoisotopic (exact) mass is 199 g/mol. The van der Waals surface area contributed by atoms with E-state index >= 15 is 0 Å². The highest BCUT2D eigenvalue weighted by atomic mass is 16.3. The molecule has 0 spiro atoms. The molecule has 0 bridgehead atoms. The molecule has 1 aliphatic rings. The van der Waals surface area contributed by atoms with E-state index in [-0.39, 0.29) is 17.9 Å². The van der Waals surface area contributed by atoms with Gasteiger partial charge in [-0.1, -0.05) is 26.7 Å². The van der Waals surface area contributed by atoms with E-state index in [0.717, 1.165) is 25.7 Å². The Labute approximate surface area is 85.9 Å². The first-order valence-corrected chi connectivity index (χ1v) is 5.46. The predicted octanol–water partition coefficient (Wildman–Crippen LogP) is 1.45. The van der Waals surface area contributed by atoms with Crippen molar-refractivity contribution in [1.82, 2.24) is 5.32 Å². The molecule has 1 aliphatic carbocycles. The van der Waals surface area contributed by atoms with Crippen molar-refractivity contribution in [2.24, 2.45) is 5.92 Å².